The van der Waals surface area contributed by atoms with Gasteiger partial charge in [0.1, 0.15) is 11.8 Å². The van der Waals surface area contributed by atoms with Gasteiger partial charge in [0.2, 0.25) is 0 Å². The second kappa shape index (κ2) is 6.05. The molecule has 2 N–H and O–H groups in total. The molecular weight excluding hydrogens is 440 g/mol. The molecule has 2 aromatic heterocycles. The summed E-state index contributed by atoms with van der Waals surface area (Å²) in [5, 5.41) is 19.6. The van der Waals surface area contributed by atoms with Crippen molar-refractivity contribution in [3.63, 3.8) is 0 Å². The van der Waals surface area contributed by atoms with E-state index in [2.05, 4.69) is 38.7 Å². The van der Waals surface area contributed by atoms with E-state index in [9.17, 15) is 9.90 Å². The maximum Gasteiger partial charge on any atom is 0.252 e. The molecule has 0 radical (unpaired) electrons. The Bertz CT molecular complexity index is 1780. The van der Waals surface area contributed by atoms with Crippen LogP contribution < -0.4 is 5.32 Å². The summed E-state index contributed by atoms with van der Waals surface area (Å²) in [4.78, 5) is 15.3. The third-order valence-electron chi connectivity index (χ3n) is 8.55. The predicted molar refractivity (Wildman–Crippen MR) is 136 cm³/mol. The number of ether oxygens (including phenoxy) is 1. The van der Waals surface area contributed by atoms with E-state index in [-0.39, 0.29) is 12.1 Å². The summed E-state index contributed by atoms with van der Waals surface area (Å²) in [5.74, 6) is -0.0210. The number of para-hydroxylation sites is 2. The molecule has 1 saturated heterocycles. The van der Waals surface area contributed by atoms with Crippen LogP contribution in [0.2, 0.25) is 0 Å². The van der Waals surface area contributed by atoms with Crippen molar-refractivity contribution in [1.82, 2.24) is 19.4 Å². The fraction of sp³-hybridized carbons (Fsp3) is 0.321. The summed E-state index contributed by atoms with van der Waals surface area (Å²) in [6, 6.07) is 16.6. The molecule has 35 heavy (non-hydrogen) atoms. The number of hydrogen-bond donors (Lipinski definition) is 2. The van der Waals surface area contributed by atoms with Crippen molar-refractivity contribution in [2.24, 2.45) is 0 Å². The van der Waals surface area contributed by atoms with Crippen LogP contribution in [-0.4, -0.2) is 51.3 Å². The van der Waals surface area contributed by atoms with Crippen molar-refractivity contribution in [2.75, 3.05) is 20.6 Å². The standard InChI is InChI=1S/C28H26N4O3/c1-27-28(34,14-30(2)3)12-20(35-27)31-18-10-6-4-8-15(18)22-23-17(13-29-26(23)33)21-16-9-5-7-11-19(16)32(27)25(21)24(22)31/h4-11,20,34H,12-14H2,1-3H3,(H,29,33)/t20-,27+,28+/m1/s1. The molecule has 7 heteroatoms. The molecule has 2 bridgehead atoms. The van der Waals surface area contributed by atoms with E-state index in [1.165, 1.54) is 0 Å². The Kier molecular flexibility index (Phi) is 3.43. The van der Waals surface area contributed by atoms with Crippen molar-refractivity contribution in [1.29, 1.82) is 0 Å². The van der Waals surface area contributed by atoms with Gasteiger partial charge < -0.3 is 29.2 Å². The Labute approximate surface area is 201 Å². The van der Waals surface area contributed by atoms with Gasteiger partial charge in [0.05, 0.1) is 27.6 Å². The highest BCUT2D eigenvalue weighted by molar-refractivity contribution is 6.31. The minimum atomic E-state index is -1.13. The largest absolute Gasteiger partial charge is 0.383 e. The minimum absolute atomic E-state index is 0.0210. The van der Waals surface area contributed by atoms with E-state index in [0.717, 1.165) is 54.7 Å². The van der Waals surface area contributed by atoms with E-state index in [4.69, 9.17) is 4.74 Å². The molecule has 8 rings (SSSR count). The summed E-state index contributed by atoms with van der Waals surface area (Å²) in [6.07, 6.45) is 0.0864. The summed E-state index contributed by atoms with van der Waals surface area (Å²) in [5.41, 5.74) is 3.78. The maximum absolute atomic E-state index is 13.3. The number of hydrogen-bond acceptors (Lipinski definition) is 4. The van der Waals surface area contributed by atoms with Gasteiger partial charge in [-0.05, 0) is 38.7 Å². The van der Waals surface area contributed by atoms with Crippen molar-refractivity contribution >= 4 is 49.5 Å². The first-order valence-corrected chi connectivity index (χ1v) is 12.2. The van der Waals surface area contributed by atoms with E-state index in [1.54, 1.807) is 0 Å². The second-order valence-electron chi connectivity index (χ2n) is 10.8. The topological polar surface area (TPSA) is 71.7 Å². The lowest BCUT2D eigenvalue weighted by atomic mass is 9.88. The van der Waals surface area contributed by atoms with Crippen LogP contribution in [0.1, 0.15) is 35.5 Å². The zero-order valence-electron chi connectivity index (χ0n) is 19.9. The molecule has 0 spiro atoms. The van der Waals surface area contributed by atoms with Gasteiger partial charge in [-0.3, -0.25) is 4.79 Å². The van der Waals surface area contributed by atoms with Crippen molar-refractivity contribution < 1.29 is 14.6 Å². The predicted octanol–water partition coefficient (Wildman–Crippen LogP) is 4.04. The summed E-state index contributed by atoms with van der Waals surface area (Å²) in [6.45, 7) is 2.99. The summed E-state index contributed by atoms with van der Waals surface area (Å²) >= 11 is 0. The third kappa shape index (κ3) is 2.09. The van der Waals surface area contributed by atoms with Crippen LogP contribution in [0, 0.1) is 0 Å². The number of carbonyl (C=O) groups excluding carboxylic acids is 1. The van der Waals surface area contributed by atoms with Crippen LogP contribution in [0.4, 0.5) is 0 Å². The van der Waals surface area contributed by atoms with Crippen LogP contribution in [-0.2, 0) is 17.0 Å². The first-order valence-electron chi connectivity index (χ1n) is 12.2. The van der Waals surface area contributed by atoms with Crippen LogP contribution in [0.25, 0.3) is 43.6 Å². The number of likely N-dealkylation sites (N-methyl/N-ethyl adjacent to an activating group) is 1. The molecule has 7 nitrogen and oxygen atoms in total. The molecule has 3 aromatic carbocycles. The average Bonchev–Trinajstić information content (AvgIpc) is 3.50. The van der Waals surface area contributed by atoms with Crippen LogP contribution in [0.3, 0.4) is 0 Å². The number of carbonyl (C=O) groups is 1. The quantitative estimate of drug-likeness (QED) is 0.412. The number of amides is 1. The Morgan fingerprint density at radius 1 is 1.06 bits per heavy atom. The van der Waals surface area contributed by atoms with E-state index in [0.29, 0.717) is 19.5 Å². The normalized spacial score (nSPS) is 27.1. The lowest BCUT2D eigenvalue weighted by Crippen LogP contribution is -2.55. The van der Waals surface area contributed by atoms with Gasteiger partial charge in [-0.25, -0.2) is 0 Å². The molecule has 3 aliphatic heterocycles. The van der Waals surface area contributed by atoms with E-state index in [1.807, 2.05) is 50.2 Å². The number of nitrogens with one attached hydrogen (secondary N) is 1. The van der Waals surface area contributed by atoms with Gasteiger partial charge in [-0.2, -0.15) is 0 Å². The highest BCUT2D eigenvalue weighted by Gasteiger charge is 2.61. The SMILES string of the molecule is CN(C)C[C@@]1(O)C[C@H]2O[C@]1(C)n1c3ccccc3c3c4c(c5c6ccccc6n2c5c31)C(=O)NC4. The zero-order chi connectivity index (χ0) is 23.9. The fourth-order valence-electron chi connectivity index (χ4n) is 7.26. The Hall–Kier alpha value is -3.39. The number of benzene rings is 3. The maximum atomic E-state index is 13.3. The third-order valence-corrected chi connectivity index (χ3v) is 8.55. The number of rotatable bonds is 2. The van der Waals surface area contributed by atoms with Gasteiger partial charge in [-0.1, -0.05) is 36.4 Å². The molecule has 3 aliphatic rings. The Morgan fingerprint density at radius 3 is 2.49 bits per heavy atom. The Balaban J connectivity index is 1.70. The molecule has 0 aliphatic carbocycles. The Morgan fingerprint density at radius 2 is 1.74 bits per heavy atom. The molecule has 176 valence electrons. The molecule has 0 saturated carbocycles. The number of nitrogens with zero attached hydrogens (tertiary/aromatic N) is 3. The van der Waals surface area contributed by atoms with Gasteiger partial charge in [0.15, 0.2) is 5.72 Å². The van der Waals surface area contributed by atoms with E-state index >= 15 is 0 Å². The van der Waals surface area contributed by atoms with Crippen LogP contribution in [0.15, 0.2) is 48.5 Å². The number of aromatic nitrogens is 2. The first-order chi connectivity index (χ1) is 16.8. The molecule has 5 aromatic rings. The van der Waals surface area contributed by atoms with Gasteiger partial charge in [-0.15, -0.1) is 0 Å². The van der Waals surface area contributed by atoms with Crippen molar-refractivity contribution in [3.8, 4) is 0 Å². The zero-order valence-corrected chi connectivity index (χ0v) is 19.9. The van der Waals surface area contributed by atoms with Crippen molar-refractivity contribution in [2.45, 2.75) is 37.4 Å². The van der Waals surface area contributed by atoms with E-state index < -0.39 is 11.3 Å². The smallest absolute Gasteiger partial charge is 0.252 e. The fourth-order valence-corrected chi connectivity index (χ4v) is 7.26. The van der Waals surface area contributed by atoms with Gasteiger partial charge in [0, 0.05) is 41.1 Å². The lowest BCUT2D eigenvalue weighted by Gasteiger charge is -2.41. The molecule has 1 fully saturated rings. The molecule has 0 unspecified atom stereocenters. The number of fused-ring (bicyclic) bond motifs is 13. The second-order valence-corrected chi connectivity index (χ2v) is 10.8. The minimum Gasteiger partial charge on any atom is -0.383 e. The lowest BCUT2D eigenvalue weighted by molar-refractivity contribution is -0.181. The molecular formula is C28H26N4O3. The van der Waals surface area contributed by atoms with Crippen LogP contribution >= 0.6 is 0 Å². The van der Waals surface area contributed by atoms with Crippen LogP contribution in [0.5, 0.6) is 0 Å². The van der Waals surface area contributed by atoms with Crippen molar-refractivity contribution in [3.05, 3.63) is 59.7 Å². The molecule has 3 atom stereocenters. The monoisotopic (exact) mass is 466 g/mol. The first kappa shape index (κ1) is 19.9. The average molecular weight is 467 g/mol. The van der Waals surface area contributed by atoms with Gasteiger partial charge in [0.25, 0.3) is 5.91 Å². The molecule has 5 heterocycles. The summed E-state index contributed by atoms with van der Waals surface area (Å²) < 4.78 is 11.4. The highest BCUT2D eigenvalue weighted by Crippen LogP contribution is 2.57. The molecule has 1 amide bonds. The van der Waals surface area contributed by atoms with Gasteiger partial charge >= 0.3 is 0 Å². The summed E-state index contributed by atoms with van der Waals surface area (Å²) in [7, 11) is 3.98. The number of aliphatic hydroxyl groups is 1. The highest BCUT2D eigenvalue weighted by atomic mass is 16.6.